The maximum Gasteiger partial charge on any atom is 0.0343 e. The zero-order valence-electron chi connectivity index (χ0n) is 9.74. The summed E-state index contributed by atoms with van der Waals surface area (Å²) in [4.78, 5) is 0. The molecule has 15 heavy (non-hydrogen) atoms. The Morgan fingerprint density at radius 3 is 2.40 bits per heavy atom. The summed E-state index contributed by atoms with van der Waals surface area (Å²) in [6, 6.07) is 11.3. The predicted octanol–water partition coefficient (Wildman–Crippen LogP) is 3.38. The molecule has 0 radical (unpaired) electrons. The van der Waals surface area contributed by atoms with Crippen molar-refractivity contribution in [3.63, 3.8) is 0 Å². The fourth-order valence-electron chi connectivity index (χ4n) is 2.01. The van der Waals surface area contributed by atoms with E-state index in [0.717, 1.165) is 5.92 Å². The van der Waals surface area contributed by atoms with E-state index in [4.69, 9.17) is 0 Å². The average Bonchev–Trinajstić information content (AvgIpc) is 3.03. The van der Waals surface area contributed by atoms with Crippen LogP contribution in [0.4, 0.5) is 0 Å². The van der Waals surface area contributed by atoms with Gasteiger partial charge in [0.15, 0.2) is 0 Å². The maximum absolute atomic E-state index is 3.70. The molecule has 0 bridgehead atoms. The quantitative estimate of drug-likeness (QED) is 0.773. The van der Waals surface area contributed by atoms with Crippen LogP contribution in [0.3, 0.4) is 0 Å². The Bertz CT molecular complexity index is 287. The number of nitrogens with one attached hydrogen (secondary N) is 1. The second-order valence-electron chi connectivity index (χ2n) is 4.98. The summed E-state index contributed by atoms with van der Waals surface area (Å²) < 4.78 is 0. The van der Waals surface area contributed by atoms with Crippen LogP contribution in [-0.4, -0.2) is 6.54 Å². The van der Waals surface area contributed by atoms with E-state index in [1.54, 1.807) is 0 Å². The van der Waals surface area contributed by atoms with E-state index in [1.165, 1.54) is 24.9 Å². The molecule has 0 aliphatic heterocycles. The molecule has 2 rings (SSSR count). The van der Waals surface area contributed by atoms with Gasteiger partial charge in [-0.2, -0.15) is 0 Å². The fourth-order valence-corrected chi connectivity index (χ4v) is 2.01. The number of hydrogen-bond donors (Lipinski definition) is 1. The zero-order valence-corrected chi connectivity index (χ0v) is 9.74. The van der Waals surface area contributed by atoms with Crippen molar-refractivity contribution >= 4 is 0 Å². The second-order valence-corrected chi connectivity index (χ2v) is 4.98. The van der Waals surface area contributed by atoms with Gasteiger partial charge in [0.25, 0.3) is 0 Å². The summed E-state index contributed by atoms with van der Waals surface area (Å²) in [5, 5.41) is 3.70. The molecule has 1 atom stereocenters. The number of hydrogen-bond acceptors (Lipinski definition) is 1. The van der Waals surface area contributed by atoms with Crippen LogP contribution in [0.25, 0.3) is 0 Å². The molecule has 1 aliphatic carbocycles. The molecular weight excluding hydrogens is 182 g/mol. The number of benzene rings is 1. The number of rotatable bonds is 5. The molecule has 0 unspecified atom stereocenters. The first-order valence-corrected chi connectivity index (χ1v) is 6.05. The molecule has 0 aromatic heterocycles. The Hall–Kier alpha value is -0.820. The average molecular weight is 203 g/mol. The molecule has 1 fully saturated rings. The van der Waals surface area contributed by atoms with Crippen molar-refractivity contribution in [1.29, 1.82) is 0 Å². The van der Waals surface area contributed by atoms with E-state index in [9.17, 15) is 0 Å². The molecule has 1 aromatic rings. The van der Waals surface area contributed by atoms with Crippen LogP contribution in [0, 0.1) is 11.8 Å². The zero-order chi connectivity index (χ0) is 10.7. The lowest BCUT2D eigenvalue weighted by Crippen LogP contribution is -2.27. The molecule has 1 aliphatic rings. The van der Waals surface area contributed by atoms with Crippen LogP contribution in [-0.2, 0) is 0 Å². The molecule has 1 N–H and O–H groups in total. The van der Waals surface area contributed by atoms with Gasteiger partial charge in [-0.05, 0) is 36.8 Å². The molecule has 1 aromatic carbocycles. The van der Waals surface area contributed by atoms with Gasteiger partial charge >= 0.3 is 0 Å². The van der Waals surface area contributed by atoms with Gasteiger partial charge in [0.1, 0.15) is 0 Å². The summed E-state index contributed by atoms with van der Waals surface area (Å²) in [6.07, 6.45) is 2.85. The van der Waals surface area contributed by atoms with Crippen LogP contribution < -0.4 is 5.32 Å². The van der Waals surface area contributed by atoms with Gasteiger partial charge in [-0.1, -0.05) is 44.2 Å². The first kappa shape index (κ1) is 10.7. The highest BCUT2D eigenvalue weighted by molar-refractivity contribution is 5.19. The van der Waals surface area contributed by atoms with Crippen LogP contribution in [0.15, 0.2) is 30.3 Å². The normalized spacial score (nSPS) is 18.1. The van der Waals surface area contributed by atoms with Crippen molar-refractivity contribution in [1.82, 2.24) is 5.32 Å². The Morgan fingerprint density at radius 1 is 1.20 bits per heavy atom. The minimum Gasteiger partial charge on any atom is -0.309 e. The van der Waals surface area contributed by atoms with Crippen LogP contribution in [0.5, 0.6) is 0 Å². The van der Waals surface area contributed by atoms with E-state index in [-0.39, 0.29) is 0 Å². The molecule has 0 amide bonds. The predicted molar refractivity (Wildman–Crippen MR) is 64.7 cm³/mol. The Kier molecular flexibility index (Phi) is 3.42. The third-order valence-electron chi connectivity index (χ3n) is 3.15. The lowest BCUT2D eigenvalue weighted by Gasteiger charge is -2.23. The minimum absolute atomic E-state index is 0.520. The van der Waals surface area contributed by atoms with E-state index in [0.29, 0.717) is 12.0 Å². The van der Waals surface area contributed by atoms with Gasteiger partial charge in [-0.3, -0.25) is 0 Å². The lowest BCUT2D eigenvalue weighted by molar-refractivity contribution is 0.405. The van der Waals surface area contributed by atoms with E-state index in [1.807, 2.05) is 0 Å². The Labute approximate surface area is 92.9 Å². The van der Waals surface area contributed by atoms with Crippen LogP contribution in [0.1, 0.15) is 38.3 Å². The third-order valence-corrected chi connectivity index (χ3v) is 3.15. The topological polar surface area (TPSA) is 12.0 Å². The Morgan fingerprint density at radius 2 is 1.87 bits per heavy atom. The third kappa shape index (κ3) is 3.07. The molecule has 0 saturated heterocycles. The van der Waals surface area contributed by atoms with Gasteiger partial charge in [0.2, 0.25) is 0 Å². The monoisotopic (exact) mass is 203 g/mol. The van der Waals surface area contributed by atoms with Gasteiger partial charge in [-0.25, -0.2) is 0 Å². The van der Waals surface area contributed by atoms with Crippen molar-refractivity contribution in [3.8, 4) is 0 Å². The van der Waals surface area contributed by atoms with Gasteiger partial charge in [0.05, 0.1) is 0 Å². The van der Waals surface area contributed by atoms with E-state index in [2.05, 4.69) is 49.5 Å². The van der Waals surface area contributed by atoms with Crippen molar-refractivity contribution < 1.29 is 0 Å². The molecule has 1 heteroatoms. The standard InChI is InChI=1S/C14H21N/c1-11(2)14(15-10-12-8-9-12)13-6-4-3-5-7-13/h3-7,11-12,14-15H,8-10H2,1-2H3/t14-/m0/s1. The summed E-state index contributed by atoms with van der Waals surface area (Å²) >= 11 is 0. The highest BCUT2D eigenvalue weighted by atomic mass is 14.9. The molecule has 0 spiro atoms. The van der Waals surface area contributed by atoms with Crippen molar-refractivity contribution in [2.75, 3.05) is 6.54 Å². The molecule has 82 valence electrons. The minimum atomic E-state index is 0.520. The molecular formula is C14H21N. The first-order valence-electron chi connectivity index (χ1n) is 6.05. The largest absolute Gasteiger partial charge is 0.309 e. The van der Waals surface area contributed by atoms with Gasteiger partial charge < -0.3 is 5.32 Å². The summed E-state index contributed by atoms with van der Waals surface area (Å²) in [7, 11) is 0. The smallest absolute Gasteiger partial charge is 0.0343 e. The fraction of sp³-hybridized carbons (Fsp3) is 0.571. The van der Waals surface area contributed by atoms with Crippen LogP contribution >= 0.6 is 0 Å². The van der Waals surface area contributed by atoms with Gasteiger partial charge in [0, 0.05) is 6.04 Å². The summed E-state index contributed by atoms with van der Waals surface area (Å²) in [5.41, 5.74) is 1.42. The molecule has 1 saturated carbocycles. The summed E-state index contributed by atoms with van der Waals surface area (Å²) in [5.74, 6) is 1.61. The van der Waals surface area contributed by atoms with Crippen molar-refractivity contribution in [2.45, 2.75) is 32.7 Å². The summed E-state index contributed by atoms with van der Waals surface area (Å²) in [6.45, 7) is 5.77. The molecule has 0 heterocycles. The molecule has 1 nitrogen and oxygen atoms in total. The highest BCUT2D eigenvalue weighted by Crippen LogP contribution is 2.29. The Balaban J connectivity index is 1.98. The maximum atomic E-state index is 3.70. The van der Waals surface area contributed by atoms with Gasteiger partial charge in [-0.15, -0.1) is 0 Å². The first-order chi connectivity index (χ1) is 7.27. The van der Waals surface area contributed by atoms with Crippen LogP contribution in [0.2, 0.25) is 0 Å². The van der Waals surface area contributed by atoms with Crippen molar-refractivity contribution in [3.05, 3.63) is 35.9 Å². The SMILES string of the molecule is CC(C)[C@H](NCC1CC1)c1ccccc1. The van der Waals surface area contributed by atoms with Crippen molar-refractivity contribution in [2.24, 2.45) is 11.8 Å². The lowest BCUT2D eigenvalue weighted by atomic mass is 9.96. The highest BCUT2D eigenvalue weighted by Gasteiger charge is 2.23. The second kappa shape index (κ2) is 4.80. The van der Waals surface area contributed by atoms with E-state index >= 15 is 0 Å². The van der Waals surface area contributed by atoms with E-state index < -0.39 is 0 Å².